The monoisotopic (exact) mass is 131 g/mol. The smallest absolute Gasteiger partial charge is 0.285 e. The highest BCUT2D eigenvalue weighted by molar-refractivity contribution is 5.69. The van der Waals surface area contributed by atoms with Crippen LogP contribution in [0.2, 0.25) is 0 Å². The Morgan fingerprint density at radius 3 is 2.56 bits per heavy atom. The molecule has 0 aromatic rings. The molecule has 4 nitrogen and oxygen atoms in total. The minimum absolute atomic E-state index is 0.208. The maximum Gasteiger partial charge on any atom is 0.338 e. The average Bonchev–Trinajstić information content (AvgIpc) is 1.63. The summed E-state index contributed by atoms with van der Waals surface area (Å²) in [5, 5.41) is 1.99. The molecule has 0 aliphatic carbocycles. The molecule has 0 atom stereocenters. The lowest BCUT2D eigenvalue weighted by Gasteiger charge is -1.96. The summed E-state index contributed by atoms with van der Waals surface area (Å²) >= 11 is 0. The Kier molecular flexibility index (Phi) is 3.59. The van der Waals surface area contributed by atoms with Crippen LogP contribution in [0, 0.1) is 10.8 Å². The van der Waals surface area contributed by atoms with E-state index in [0.29, 0.717) is 0 Å². The standard InChI is InChI=1S/C5H9NO3/c1-4(2)3-5(7)9-6-8/h4H,3H2,1-2H3. The van der Waals surface area contributed by atoms with Crippen LogP contribution in [0.25, 0.3) is 0 Å². The van der Waals surface area contributed by atoms with Crippen molar-refractivity contribution < 1.29 is 9.63 Å². The van der Waals surface area contributed by atoms with Crippen molar-refractivity contribution in [3.05, 3.63) is 4.91 Å². The zero-order valence-corrected chi connectivity index (χ0v) is 5.46. The van der Waals surface area contributed by atoms with Gasteiger partial charge in [0.1, 0.15) is 0 Å². The molecule has 0 aliphatic heterocycles. The van der Waals surface area contributed by atoms with Crippen LogP contribution in [-0.4, -0.2) is 5.97 Å². The molecule has 0 amide bonds. The molecule has 0 fully saturated rings. The molecule has 0 N–H and O–H groups in total. The van der Waals surface area contributed by atoms with Crippen LogP contribution in [-0.2, 0) is 9.63 Å². The van der Waals surface area contributed by atoms with Gasteiger partial charge in [0.15, 0.2) is 5.34 Å². The van der Waals surface area contributed by atoms with E-state index in [2.05, 4.69) is 4.84 Å². The van der Waals surface area contributed by atoms with Crippen molar-refractivity contribution in [2.24, 2.45) is 11.3 Å². The molecule has 0 bridgehead atoms. The lowest BCUT2D eigenvalue weighted by atomic mass is 10.1. The number of hydrogen-bond acceptors (Lipinski definition) is 4. The second kappa shape index (κ2) is 4.00. The molecule has 0 heterocycles. The third-order valence-corrected chi connectivity index (χ3v) is 0.714. The van der Waals surface area contributed by atoms with Gasteiger partial charge in [0.25, 0.3) is 0 Å². The Labute approximate surface area is 53.1 Å². The van der Waals surface area contributed by atoms with E-state index in [1.807, 2.05) is 19.2 Å². The van der Waals surface area contributed by atoms with Crippen molar-refractivity contribution in [1.82, 2.24) is 0 Å². The Morgan fingerprint density at radius 1 is 1.67 bits per heavy atom. The lowest BCUT2D eigenvalue weighted by molar-refractivity contribution is -0.144. The summed E-state index contributed by atoms with van der Waals surface area (Å²) in [5.41, 5.74) is 0. The molecule has 0 radical (unpaired) electrons. The molecule has 52 valence electrons. The van der Waals surface area contributed by atoms with Gasteiger partial charge in [-0.15, -0.1) is 4.91 Å². The van der Waals surface area contributed by atoms with Gasteiger partial charge in [-0.25, -0.2) is 4.79 Å². The average molecular weight is 131 g/mol. The summed E-state index contributed by atoms with van der Waals surface area (Å²) in [4.78, 5) is 23.4. The van der Waals surface area contributed by atoms with Gasteiger partial charge in [0.05, 0.1) is 6.42 Å². The third-order valence-electron chi connectivity index (χ3n) is 0.714. The number of carbonyl (C=O) groups is 1. The fourth-order valence-corrected chi connectivity index (χ4v) is 0.412. The van der Waals surface area contributed by atoms with Crippen LogP contribution < -0.4 is 0 Å². The molecule has 0 unspecified atom stereocenters. The summed E-state index contributed by atoms with van der Waals surface area (Å²) in [7, 11) is 0. The highest BCUT2D eigenvalue weighted by Crippen LogP contribution is 2.00. The molecule has 0 saturated carbocycles. The Bertz CT molecular complexity index is 111. The maximum atomic E-state index is 10.3. The van der Waals surface area contributed by atoms with Crippen LogP contribution in [0.1, 0.15) is 20.3 Å². The molecular weight excluding hydrogens is 122 g/mol. The highest BCUT2D eigenvalue weighted by Gasteiger charge is 2.05. The van der Waals surface area contributed by atoms with Crippen molar-refractivity contribution in [3.8, 4) is 0 Å². The molecule has 0 aromatic heterocycles. The SMILES string of the molecule is CC(C)CC(=O)ON=O. The lowest BCUT2D eigenvalue weighted by Crippen LogP contribution is -2.02. The van der Waals surface area contributed by atoms with E-state index < -0.39 is 5.97 Å². The van der Waals surface area contributed by atoms with Gasteiger partial charge in [0.2, 0.25) is 0 Å². The first-order valence-electron chi connectivity index (χ1n) is 2.69. The molecule has 0 spiro atoms. The van der Waals surface area contributed by atoms with E-state index in [9.17, 15) is 9.70 Å². The van der Waals surface area contributed by atoms with E-state index >= 15 is 0 Å². The second-order valence-corrected chi connectivity index (χ2v) is 2.14. The van der Waals surface area contributed by atoms with Crippen LogP contribution in [0.4, 0.5) is 0 Å². The van der Waals surface area contributed by atoms with Crippen LogP contribution in [0.5, 0.6) is 0 Å². The molecule has 9 heavy (non-hydrogen) atoms. The van der Waals surface area contributed by atoms with Gasteiger partial charge in [-0.05, 0) is 5.92 Å². The Morgan fingerprint density at radius 2 is 2.22 bits per heavy atom. The third kappa shape index (κ3) is 4.93. The van der Waals surface area contributed by atoms with E-state index in [1.165, 1.54) is 0 Å². The number of rotatable bonds is 3. The molecule has 0 rings (SSSR count). The van der Waals surface area contributed by atoms with Gasteiger partial charge < -0.3 is 0 Å². The maximum absolute atomic E-state index is 10.3. The fourth-order valence-electron chi connectivity index (χ4n) is 0.412. The van der Waals surface area contributed by atoms with E-state index in [0.717, 1.165) is 0 Å². The molecular formula is C5H9NO3. The van der Waals surface area contributed by atoms with Gasteiger partial charge in [-0.1, -0.05) is 13.8 Å². The number of hydrogen-bond donors (Lipinski definition) is 0. The first kappa shape index (κ1) is 8.07. The quantitative estimate of drug-likeness (QED) is 0.428. The predicted molar refractivity (Wildman–Crippen MR) is 31.3 cm³/mol. The molecule has 0 aliphatic rings. The van der Waals surface area contributed by atoms with Gasteiger partial charge in [-0.3, -0.25) is 4.84 Å². The Balaban J connectivity index is 3.38. The van der Waals surface area contributed by atoms with E-state index in [-0.39, 0.29) is 12.3 Å². The summed E-state index contributed by atoms with van der Waals surface area (Å²) in [5.74, 6) is -0.362. The molecule has 0 saturated heterocycles. The summed E-state index contributed by atoms with van der Waals surface area (Å²) in [6.45, 7) is 3.71. The minimum atomic E-state index is -0.569. The molecule has 0 aromatic carbocycles. The Hall–Kier alpha value is -0.930. The van der Waals surface area contributed by atoms with Crippen molar-refractivity contribution in [2.75, 3.05) is 0 Å². The van der Waals surface area contributed by atoms with Crippen LogP contribution in [0.3, 0.4) is 0 Å². The first-order valence-corrected chi connectivity index (χ1v) is 2.69. The van der Waals surface area contributed by atoms with Gasteiger partial charge in [0, 0.05) is 0 Å². The fraction of sp³-hybridized carbons (Fsp3) is 0.800. The molecule has 4 heteroatoms. The zero-order chi connectivity index (χ0) is 7.28. The largest absolute Gasteiger partial charge is 0.338 e. The van der Waals surface area contributed by atoms with Gasteiger partial charge in [-0.2, -0.15) is 0 Å². The normalized spacial score (nSPS) is 9.22. The highest BCUT2D eigenvalue weighted by atomic mass is 16.7. The van der Waals surface area contributed by atoms with Crippen molar-refractivity contribution >= 4 is 5.97 Å². The summed E-state index contributed by atoms with van der Waals surface area (Å²) in [6.07, 6.45) is 0.242. The first-order chi connectivity index (χ1) is 4.16. The van der Waals surface area contributed by atoms with Crippen molar-refractivity contribution in [2.45, 2.75) is 20.3 Å². The topological polar surface area (TPSA) is 55.7 Å². The van der Waals surface area contributed by atoms with Crippen LogP contribution in [0.15, 0.2) is 5.34 Å². The van der Waals surface area contributed by atoms with Gasteiger partial charge >= 0.3 is 5.97 Å². The van der Waals surface area contributed by atoms with Crippen LogP contribution >= 0.6 is 0 Å². The summed E-state index contributed by atoms with van der Waals surface area (Å²) in [6, 6.07) is 0. The van der Waals surface area contributed by atoms with E-state index in [1.54, 1.807) is 0 Å². The number of carbonyl (C=O) groups excluding carboxylic acids is 1. The minimum Gasteiger partial charge on any atom is -0.285 e. The van der Waals surface area contributed by atoms with Crippen molar-refractivity contribution in [3.63, 3.8) is 0 Å². The van der Waals surface area contributed by atoms with E-state index in [4.69, 9.17) is 0 Å². The predicted octanol–water partition coefficient (Wildman–Crippen LogP) is 1.26. The van der Waals surface area contributed by atoms with Crippen molar-refractivity contribution in [1.29, 1.82) is 0 Å². The second-order valence-electron chi connectivity index (χ2n) is 2.14. The summed E-state index contributed by atoms with van der Waals surface area (Å²) < 4.78 is 0. The zero-order valence-electron chi connectivity index (χ0n) is 5.46. The number of nitrogens with zero attached hydrogens (tertiary/aromatic N) is 1.